The lowest BCUT2D eigenvalue weighted by Crippen LogP contribution is -2.42. The van der Waals surface area contributed by atoms with Crippen molar-refractivity contribution in [2.24, 2.45) is 0 Å². The maximum atomic E-state index is 5.11. The van der Waals surface area contributed by atoms with Crippen molar-refractivity contribution in [3.8, 4) is 0 Å². The van der Waals surface area contributed by atoms with Crippen LogP contribution in [0.3, 0.4) is 0 Å². The van der Waals surface area contributed by atoms with Gasteiger partial charge >= 0.3 is 0 Å². The molecule has 0 aromatic carbocycles. The molecule has 1 aromatic heterocycles. The van der Waals surface area contributed by atoms with Gasteiger partial charge in [0.2, 0.25) is 0 Å². The van der Waals surface area contributed by atoms with E-state index in [4.69, 9.17) is 21.5 Å². The van der Waals surface area contributed by atoms with Crippen LogP contribution < -0.4 is 10.6 Å². The van der Waals surface area contributed by atoms with Gasteiger partial charge in [-0.3, -0.25) is 0 Å². The summed E-state index contributed by atoms with van der Waals surface area (Å²) < 4.78 is 10.0. The molecule has 0 aliphatic rings. The third kappa shape index (κ3) is 4.59. The highest BCUT2D eigenvalue weighted by molar-refractivity contribution is 7.80. The molecule has 0 amide bonds. The van der Waals surface area contributed by atoms with Crippen molar-refractivity contribution in [1.29, 1.82) is 0 Å². The summed E-state index contributed by atoms with van der Waals surface area (Å²) in [4.78, 5) is 0. The van der Waals surface area contributed by atoms with Gasteiger partial charge in [0.25, 0.3) is 0 Å². The minimum absolute atomic E-state index is 0.182. The summed E-state index contributed by atoms with van der Waals surface area (Å²) in [5.41, 5.74) is 0.864. The molecular weight excluding hydrogens is 226 g/mol. The summed E-state index contributed by atoms with van der Waals surface area (Å²) >= 11 is 5.11. The van der Waals surface area contributed by atoms with E-state index in [1.54, 1.807) is 7.11 Å². The third-order valence-corrected chi connectivity index (χ3v) is 2.16. The van der Waals surface area contributed by atoms with Crippen LogP contribution >= 0.6 is 12.2 Å². The van der Waals surface area contributed by atoms with Crippen LogP contribution in [0.25, 0.3) is 0 Å². The molecule has 1 aromatic rings. The minimum atomic E-state index is 0.182. The van der Waals surface area contributed by atoms with E-state index >= 15 is 0 Å². The molecular formula is C10H17N3O2S. The van der Waals surface area contributed by atoms with Crippen LogP contribution in [0, 0.1) is 6.92 Å². The maximum Gasteiger partial charge on any atom is 0.166 e. The molecule has 6 heteroatoms. The first-order valence-corrected chi connectivity index (χ1v) is 5.48. The number of aryl methyl sites for hydroxylation is 1. The highest BCUT2D eigenvalue weighted by Gasteiger charge is 2.04. The summed E-state index contributed by atoms with van der Waals surface area (Å²) in [6.45, 7) is 5.02. The Morgan fingerprint density at radius 2 is 2.44 bits per heavy atom. The molecule has 16 heavy (non-hydrogen) atoms. The van der Waals surface area contributed by atoms with Gasteiger partial charge in [-0.25, -0.2) is 0 Å². The van der Waals surface area contributed by atoms with Crippen LogP contribution in [-0.2, 0) is 11.3 Å². The van der Waals surface area contributed by atoms with E-state index in [2.05, 4.69) is 15.8 Å². The Bertz CT molecular complexity index is 341. The first-order valence-electron chi connectivity index (χ1n) is 5.07. The van der Waals surface area contributed by atoms with E-state index in [9.17, 15) is 0 Å². The largest absolute Gasteiger partial charge is 0.383 e. The van der Waals surface area contributed by atoms with Crippen molar-refractivity contribution in [1.82, 2.24) is 15.8 Å². The van der Waals surface area contributed by atoms with E-state index in [-0.39, 0.29) is 6.04 Å². The zero-order chi connectivity index (χ0) is 12.0. The Labute approximate surface area is 101 Å². The quantitative estimate of drug-likeness (QED) is 0.752. The highest BCUT2D eigenvalue weighted by Crippen LogP contribution is 2.00. The summed E-state index contributed by atoms with van der Waals surface area (Å²) in [6, 6.07) is 2.05. The number of aromatic nitrogens is 1. The fourth-order valence-corrected chi connectivity index (χ4v) is 1.51. The molecule has 0 saturated carbocycles. The number of rotatable bonds is 5. The number of methoxy groups -OCH3 is 1. The molecule has 1 atom stereocenters. The lowest BCUT2D eigenvalue weighted by atomic mass is 10.3. The smallest absolute Gasteiger partial charge is 0.166 e. The Hall–Kier alpha value is -1.14. The zero-order valence-electron chi connectivity index (χ0n) is 9.74. The van der Waals surface area contributed by atoms with Crippen molar-refractivity contribution < 1.29 is 9.26 Å². The van der Waals surface area contributed by atoms with Crippen LogP contribution in [0.2, 0.25) is 0 Å². The van der Waals surface area contributed by atoms with Crippen molar-refractivity contribution in [3.63, 3.8) is 0 Å². The number of hydrogen-bond donors (Lipinski definition) is 2. The van der Waals surface area contributed by atoms with Gasteiger partial charge in [-0.1, -0.05) is 5.16 Å². The molecule has 5 nitrogen and oxygen atoms in total. The zero-order valence-corrected chi connectivity index (χ0v) is 10.6. The molecule has 1 rings (SSSR count). The predicted molar refractivity (Wildman–Crippen MR) is 65.2 cm³/mol. The Kier molecular flexibility index (Phi) is 5.21. The van der Waals surface area contributed by atoms with Crippen molar-refractivity contribution >= 4 is 17.3 Å². The van der Waals surface area contributed by atoms with Crippen molar-refractivity contribution in [3.05, 3.63) is 17.5 Å². The molecule has 1 heterocycles. The van der Waals surface area contributed by atoms with Gasteiger partial charge in [-0.05, 0) is 26.1 Å². The predicted octanol–water partition coefficient (Wildman–Crippen LogP) is 0.982. The van der Waals surface area contributed by atoms with Gasteiger partial charge in [0.05, 0.1) is 18.8 Å². The van der Waals surface area contributed by atoms with Gasteiger partial charge in [0.1, 0.15) is 0 Å². The van der Waals surface area contributed by atoms with Crippen LogP contribution in [-0.4, -0.2) is 30.0 Å². The van der Waals surface area contributed by atoms with Gasteiger partial charge in [-0.2, -0.15) is 0 Å². The number of hydrogen-bond acceptors (Lipinski definition) is 4. The third-order valence-electron chi connectivity index (χ3n) is 1.89. The molecule has 0 saturated heterocycles. The first kappa shape index (κ1) is 12.9. The van der Waals surface area contributed by atoms with Gasteiger partial charge in [0.15, 0.2) is 10.9 Å². The van der Waals surface area contributed by atoms with Crippen LogP contribution in [0.4, 0.5) is 0 Å². The summed E-state index contributed by atoms with van der Waals surface area (Å²) in [6.07, 6.45) is 0. The molecule has 90 valence electrons. The Morgan fingerprint density at radius 1 is 1.69 bits per heavy atom. The lowest BCUT2D eigenvalue weighted by Gasteiger charge is -2.15. The normalized spacial score (nSPS) is 12.2. The summed E-state index contributed by atoms with van der Waals surface area (Å²) in [5, 5.41) is 10.5. The molecule has 1 unspecified atom stereocenters. The topological polar surface area (TPSA) is 59.3 Å². The van der Waals surface area contributed by atoms with Crippen molar-refractivity contribution in [2.75, 3.05) is 13.7 Å². The van der Waals surface area contributed by atoms with Gasteiger partial charge < -0.3 is 19.9 Å². The van der Waals surface area contributed by atoms with Crippen LogP contribution in [0.15, 0.2) is 10.6 Å². The fourth-order valence-electron chi connectivity index (χ4n) is 1.23. The minimum Gasteiger partial charge on any atom is -0.383 e. The second kappa shape index (κ2) is 6.44. The number of ether oxygens (including phenoxy) is 1. The van der Waals surface area contributed by atoms with Crippen LogP contribution in [0.1, 0.15) is 18.4 Å². The average Bonchev–Trinajstić information content (AvgIpc) is 2.61. The SMILES string of the molecule is COCC(C)NC(=S)NCc1cc(C)no1. The van der Waals surface area contributed by atoms with E-state index < -0.39 is 0 Å². The second-order valence-corrected chi connectivity index (χ2v) is 4.03. The Morgan fingerprint density at radius 3 is 3.00 bits per heavy atom. The average molecular weight is 243 g/mol. The number of nitrogens with zero attached hydrogens (tertiary/aromatic N) is 1. The number of nitrogens with one attached hydrogen (secondary N) is 2. The van der Waals surface area contributed by atoms with E-state index in [1.807, 2.05) is 19.9 Å². The van der Waals surface area contributed by atoms with Crippen molar-refractivity contribution in [2.45, 2.75) is 26.4 Å². The Balaban J connectivity index is 2.25. The monoisotopic (exact) mass is 243 g/mol. The van der Waals surface area contributed by atoms with Gasteiger partial charge in [0, 0.05) is 19.2 Å². The molecule has 0 fully saturated rings. The van der Waals surface area contributed by atoms with Crippen LogP contribution in [0.5, 0.6) is 0 Å². The molecule has 0 aliphatic heterocycles. The van der Waals surface area contributed by atoms with E-state index in [1.165, 1.54) is 0 Å². The molecule has 0 spiro atoms. The highest BCUT2D eigenvalue weighted by atomic mass is 32.1. The second-order valence-electron chi connectivity index (χ2n) is 3.62. The lowest BCUT2D eigenvalue weighted by molar-refractivity contribution is 0.179. The molecule has 0 aliphatic carbocycles. The number of thiocarbonyl (C=S) groups is 1. The molecule has 2 N–H and O–H groups in total. The maximum absolute atomic E-state index is 5.11. The van der Waals surface area contributed by atoms with Gasteiger partial charge in [-0.15, -0.1) is 0 Å². The fraction of sp³-hybridized carbons (Fsp3) is 0.600. The summed E-state index contributed by atoms with van der Waals surface area (Å²) in [5.74, 6) is 0.765. The molecule has 0 radical (unpaired) electrons. The standard InChI is InChI=1S/C10H17N3O2S/c1-7-4-9(15-13-7)5-11-10(16)12-8(2)6-14-3/h4,8H,5-6H2,1-3H3,(H2,11,12,16). The molecule has 0 bridgehead atoms. The summed E-state index contributed by atoms with van der Waals surface area (Å²) in [7, 11) is 1.66. The first-order chi connectivity index (χ1) is 7.61. The van der Waals surface area contributed by atoms with E-state index in [0.29, 0.717) is 18.3 Å². The van der Waals surface area contributed by atoms with E-state index in [0.717, 1.165) is 11.5 Å².